The summed E-state index contributed by atoms with van der Waals surface area (Å²) in [6.45, 7) is 1.89. The van der Waals surface area contributed by atoms with E-state index in [0.717, 1.165) is 5.56 Å². The minimum atomic E-state index is -4.78. The molecule has 2 aliphatic rings. The van der Waals surface area contributed by atoms with Gasteiger partial charge in [0.1, 0.15) is 11.6 Å². The van der Waals surface area contributed by atoms with Crippen LogP contribution < -0.4 is 4.74 Å². The van der Waals surface area contributed by atoms with E-state index in [1.165, 1.54) is 12.1 Å². The zero-order chi connectivity index (χ0) is 30.9. The van der Waals surface area contributed by atoms with Crippen LogP contribution in [0.5, 0.6) is 5.75 Å². The number of halogens is 8. The highest BCUT2D eigenvalue weighted by Crippen LogP contribution is 2.45. The quantitative estimate of drug-likeness (QED) is 0.182. The summed E-state index contributed by atoms with van der Waals surface area (Å²) in [6.07, 6.45) is -0.0904. The molecule has 0 saturated heterocycles. The molecule has 0 heterocycles. The van der Waals surface area contributed by atoms with Gasteiger partial charge in [-0.15, -0.1) is 13.2 Å². The molecule has 1 unspecified atom stereocenters. The molecule has 3 aromatic carbocycles. The molecule has 3 aromatic rings. The largest absolute Gasteiger partial charge is 0.573 e. The number of hydrogen-bond acceptors (Lipinski definition) is 1. The van der Waals surface area contributed by atoms with Crippen LogP contribution in [-0.2, 0) is 25.7 Å². The van der Waals surface area contributed by atoms with Gasteiger partial charge in [-0.3, -0.25) is 0 Å². The lowest BCUT2D eigenvalue weighted by Crippen LogP contribution is -2.23. The van der Waals surface area contributed by atoms with Crippen molar-refractivity contribution in [1.82, 2.24) is 0 Å². The lowest BCUT2D eigenvalue weighted by Gasteiger charge is -2.32. The van der Waals surface area contributed by atoms with Crippen LogP contribution in [0.15, 0.2) is 36.4 Å². The fourth-order valence-electron chi connectivity index (χ4n) is 6.89. The highest BCUT2D eigenvalue weighted by Gasteiger charge is 2.35. The van der Waals surface area contributed by atoms with Crippen LogP contribution in [0.2, 0.25) is 0 Å². The van der Waals surface area contributed by atoms with Crippen molar-refractivity contribution in [2.75, 3.05) is 0 Å². The molecular weight excluding hydrogens is 576 g/mol. The second-order valence-corrected chi connectivity index (χ2v) is 11.9. The minimum absolute atomic E-state index is 0.00620. The summed E-state index contributed by atoms with van der Waals surface area (Å²) >= 11 is 0. The zero-order valence-electron chi connectivity index (χ0n) is 23.9. The van der Waals surface area contributed by atoms with Gasteiger partial charge in [0.15, 0.2) is 23.3 Å². The summed E-state index contributed by atoms with van der Waals surface area (Å²) in [7, 11) is 0. The maximum atomic E-state index is 15.8. The third-order valence-electron chi connectivity index (χ3n) is 9.16. The number of aryl methyl sites for hydroxylation is 2. The highest BCUT2D eigenvalue weighted by atomic mass is 19.4. The first kappa shape index (κ1) is 31.3. The predicted molar refractivity (Wildman–Crippen MR) is 148 cm³/mol. The number of ether oxygens (including phenoxy) is 1. The third kappa shape index (κ3) is 6.86. The van der Waals surface area contributed by atoms with Gasteiger partial charge in [0.05, 0.1) is 0 Å². The molecule has 1 fully saturated rings. The van der Waals surface area contributed by atoms with E-state index in [4.69, 9.17) is 0 Å². The summed E-state index contributed by atoms with van der Waals surface area (Å²) in [6, 6.07) is 8.80. The Hall–Kier alpha value is -3.10. The van der Waals surface area contributed by atoms with Crippen LogP contribution >= 0.6 is 0 Å². The Morgan fingerprint density at radius 3 is 1.88 bits per heavy atom. The SMILES string of the molecule is CCCc1ccc(CCC2CCc3c(F)c(C4CCC(c5ccc(OC(F)(F)F)cc5)CC4)c(F)c(F)c3C2)c(F)c1F. The molecule has 9 heteroatoms. The molecule has 0 radical (unpaired) electrons. The van der Waals surface area contributed by atoms with Crippen molar-refractivity contribution in [2.24, 2.45) is 5.92 Å². The van der Waals surface area contributed by atoms with Gasteiger partial charge in [-0.1, -0.05) is 37.6 Å². The molecule has 0 N–H and O–H groups in total. The Morgan fingerprint density at radius 1 is 0.674 bits per heavy atom. The Morgan fingerprint density at radius 2 is 1.28 bits per heavy atom. The number of alkyl halides is 3. The first-order valence-electron chi connectivity index (χ1n) is 15.0. The monoisotopic (exact) mass is 610 g/mol. The van der Waals surface area contributed by atoms with Crippen molar-refractivity contribution < 1.29 is 39.9 Å². The molecule has 5 rings (SSSR count). The molecule has 0 aromatic heterocycles. The molecule has 0 spiro atoms. The van der Waals surface area contributed by atoms with Crippen molar-refractivity contribution in [3.8, 4) is 5.75 Å². The standard InChI is InChI=1S/C34H34F8O/c1-2-3-23-11-12-24(30(36)29(23)35)6-4-19-5-17-26-27(18-19)32(38)33(39)28(31(26)37)22-9-7-20(8-10-22)21-13-15-25(16-14-21)43-34(40,41)42/h11-16,19-20,22H,2-10,17-18H2,1H3. The maximum Gasteiger partial charge on any atom is 0.573 e. The van der Waals surface area contributed by atoms with E-state index < -0.39 is 41.4 Å². The number of benzene rings is 3. The van der Waals surface area contributed by atoms with Crippen molar-refractivity contribution in [1.29, 1.82) is 0 Å². The average molecular weight is 611 g/mol. The Labute approximate surface area is 246 Å². The summed E-state index contributed by atoms with van der Waals surface area (Å²) in [5.74, 6) is -5.51. The van der Waals surface area contributed by atoms with Crippen molar-refractivity contribution in [2.45, 2.75) is 95.8 Å². The predicted octanol–water partition coefficient (Wildman–Crippen LogP) is 10.4. The first-order valence-corrected chi connectivity index (χ1v) is 15.0. The molecule has 0 amide bonds. The average Bonchev–Trinajstić information content (AvgIpc) is 2.98. The van der Waals surface area contributed by atoms with Crippen LogP contribution in [0.3, 0.4) is 0 Å². The fraction of sp³-hybridized carbons (Fsp3) is 0.471. The highest BCUT2D eigenvalue weighted by molar-refractivity contribution is 5.41. The molecule has 0 bridgehead atoms. The lowest BCUT2D eigenvalue weighted by molar-refractivity contribution is -0.274. The van der Waals surface area contributed by atoms with E-state index in [2.05, 4.69) is 4.74 Å². The fourth-order valence-corrected chi connectivity index (χ4v) is 6.89. The second-order valence-electron chi connectivity index (χ2n) is 11.9. The minimum Gasteiger partial charge on any atom is -0.406 e. The van der Waals surface area contributed by atoms with Gasteiger partial charge in [-0.05, 0) is 122 Å². The van der Waals surface area contributed by atoms with Gasteiger partial charge in [0, 0.05) is 5.56 Å². The molecule has 232 valence electrons. The van der Waals surface area contributed by atoms with Gasteiger partial charge in [-0.25, -0.2) is 22.0 Å². The third-order valence-corrected chi connectivity index (χ3v) is 9.16. The molecular formula is C34H34F8O. The van der Waals surface area contributed by atoms with E-state index in [1.807, 2.05) is 6.92 Å². The smallest absolute Gasteiger partial charge is 0.406 e. The van der Waals surface area contributed by atoms with Crippen LogP contribution in [0.25, 0.3) is 0 Å². The van der Waals surface area contributed by atoms with Gasteiger partial charge in [0.25, 0.3) is 0 Å². The number of rotatable bonds is 8. The van der Waals surface area contributed by atoms with Gasteiger partial charge in [-0.2, -0.15) is 0 Å². The van der Waals surface area contributed by atoms with E-state index in [-0.39, 0.29) is 59.1 Å². The molecule has 0 aliphatic heterocycles. The zero-order valence-corrected chi connectivity index (χ0v) is 23.9. The molecule has 1 saturated carbocycles. The van der Waals surface area contributed by atoms with Crippen LogP contribution in [-0.4, -0.2) is 6.36 Å². The molecule has 1 nitrogen and oxygen atoms in total. The number of fused-ring (bicyclic) bond motifs is 1. The summed E-state index contributed by atoms with van der Waals surface area (Å²) < 4.78 is 117. The second kappa shape index (κ2) is 12.9. The van der Waals surface area contributed by atoms with Crippen molar-refractivity contribution in [3.05, 3.63) is 98.9 Å². The molecule has 43 heavy (non-hydrogen) atoms. The Bertz CT molecular complexity index is 1440. The van der Waals surface area contributed by atoms with Crippen LogP contribution in [0.4, 0.5) is 35.1 Å². The summed E-state index contributed by atoms with van der Waals surface area (Å²) in [4.78, 5) is 0. The van der Waals surface area contributed by atoms with E-state index in [9.17, 15) is 22.0 Å². The topological polar surface area (TPSA) is 9.23 Å². The van der Waals surface area contributed by atoms with E-state index in [0.29, 0.717) is 56.9 Å². The van der Waals surface area contributed by atoms with Gasteiger partial charge >= 0.3 is 6.36 Å². The van der Waals surface area contributed by atoms with E-state index >= 15 is 13.2 Å². The van der Waals surface area contributed by atoms with E-state index in [1.54, 1.807) is 24.3 Å². The number of hydrogen-bond donors (Lipinski definition) is 0. The summed E-state index contributed by atoms with van der Waals surface area (Å²) in [5, 5.41) is 0. The van der Waals surface area contributed by atoms with Crippen molar-refractivity contribution in [3.63, 3.8) is 0 Å². The van der Waals surface area contributed by atoms with Crippen LogP contribution in [0.1, 0.15) is 97.1 Å². The molecule has 2 aliphatic carbocycles. The normalized spacial score (nSPS) is 20.6. The first-order chi connectivity index (χ1) is 20.5. The summed E-state index contributed by atoms with van der Waals surface area (Å²) in [5.41, 5.74) is 1.42. The van der Waals surface area contributed by atoms with Crippen molar-refractivity contribution >= 4 is 0 Å². The van der Waals surface area contributed by atoms with Crippen LogP contribution in [0, 0.1) is 35.0 Å². The Kier molecular flexibility index (Phi) is 9.37. The van der Waals surface area contributed by atoms with Gasteiger partial charge in [0.2, 0.25) is 0 Å². The van der Waals surface area contributed by atoms with Gasteiger partial charge < -0.3 is 4.74 Å². The lowest BCUT2D eigenvalue weighted by atomic mass is 9.73. The Balaban J connectivity index is 1.24. The maximum absolute atomic E-state index is 15.8. The molecule has 1 atom stereocenters.